The van der Waals surface area contributed by atoms with Crippen molar-refractivity contribution in [3.63, 3.8) is 0 Å². The summed E-state index contributed by atoms with van der Waals surface area (Å²) in [5.41, 5.74) is 1.63. The number of carbonyl (C=O) groups is 1. The average Bonchev–Trinajstić information content (AvgIpc) is 2.62. The Hall–Kier alpha value is -1.72. The molecule has 0 bridgehead atoms. The Labute approximate surface area is 113 Å². The zero-order chi connectivity index (χ0) is 14.0. The number of aryl methyl sites for hydroxylation is 1. The molecule has 0 atom stereocenters. The van der Waals surface area contributed by atoms with Gasteiger partial charge in [-0.25, -0.2) is 4.79 Å². The van der Waals surface area contributed by atoms with E-state index in [4.69, 9.17) is 4.74 Å². The van der Waals surface area contributed by atoms with Gasteiger partial charge < -0.3 is 15.4 Å². The molecular weight excluding hydrogens is 244 g/mol. The topological polar surface area (TPSA) is 68.2 Å². The third-order valence-electron chi connectivity index (χ3n) is 2.92. The first kappa shape index (κ1) is 13.7. The van der Waals surface area contributed by atoms with Crippen LogP contribution in [0, 0.1) is 0 Å². The standard InChI is InChI=1S/C13H22N4O2/c1-13(2,3)19-12(18)15-8-10-9-6-5-7-14-11(9)17(4)16-10/h14H,5-8H2,1-4H3,(H,15,18). The van der Waals surface area contributed by atoms with E-state index in [1.54, 1.807) is 0 Å². The van der Waals surface area contributed by atoms with Gasteiger partial charge in [-0.05, 0) is 33.6 Å². The molecule has 1 aliphatic heterocycles. The van der Waals surface area contributed by atoms with Crippen LogP contribution in [0.3, 0.4) is 0 Å². The predicted octanol–water partition coefficient (Wildman–Crippen LogP) is 1.80. The van der Waals surface area contributed by atoms with E-state index in [-0.39, 0.29) is 0 Å². The Balaban J connectivity index is 1.99. The van der Waals surface area contributed by atoms with Crippen molar-refractivity contribution in [2.75, 3.05) is 11.9 Å². The van der Waals surface area contributed by atoms with Crippen LogP contribution in [0.15, 0.2) is 0 Å². The number of nitrogens with one attached hydrogen (secondary N) is 2. The van der Waals surface area contributed by atoms with Crippen molar-refractivity contribution < 1.29 is 9.53 Å². The van der Waals surface area contributed by atoms with Crippen LogP contribution < -0.4 is 10.6 Å². The Bertz CT molecular complexity index is 474. The van der Waals surface area contributed by atoms with Crippen LogP contribution in [-0.2, 0) is 24.8 Å². The number of aromatic nitrogens is 2. The van der Waals surface area contributed by atoms with E-state index in [1.165, 1.54) is 5.56 Å². The number of ether oxygens (including phenoxy) is 1. The zero-order valence-electron chi connectivity index (χ0n) is 12.0. The summed E-state index contributed by atoms with van der Waals surface area (Å²) in [5.74, 6) is 1.06. The van der Waals surface area contributed by atoms with Crippen molar-refractivity contribution in [1.29, 1.82) is 0 Å². The molecule has 2 heterocycles. The van der Waals surface area contributed by atoms with Gasteiger partial charge >= 0.3 is 6.09 Å². The van der Waals surface area contributed by atoms with Gasteiger partial charge in [-0.2, -0.15) is 5.10 Å². The zero-order valence-corrected chi connectivity index (χ0v) is 12.0. The monoisotopic (exact) mass is 266 g/mol. The number of hydrogen-bond acceptors (Lipinski definition) is 4. The number of amides is 1. The van der Waals surface area contributed by atoms with Crippen LogP contribution in [0.5, 0.6) is 0 Å². The molecule has 0 radical (unpaired) electrons. The molecule has 6 heteroatoms. The highest BCUT2D eigenvalue weighted by Crippen LogP contribution is 2.24. The second-order valence-corrected chi connectivity index (χ2v) is 5.78. The van der Waals surface area contributed by atoms with E-state index in [9.17, 15) is 4.79 Å². The Kier molecular flexibility index (Phi) is 3.68. The number of nitrogens with zero attached hydrogens (tertiary/aromatic N) is 2. The van der Waals surface area contributed by atoms with Gasteiger partial charge in [0.15, 0.2) is 0 Å². The molecular formula is C13H22N4O2. The normalized spacial score (nSPS) is 14.5. The first-order valence-electron chi connectivity index (χ1n) is 6.62. The van der Waals surface area contributed by atoms with Gasteiger partial charge in [0.25, 0.3) is 0 Å². The molecule has 1 aromatic rings. The van der Waals surface area contributed by atoms with Crippen molar-refractivity contribution in [2.24, 2.45) is 7.05 Å². The summed E-state index contributed by atoms with van der Waals surface area (Å²) in [6.45, 7) is 6.92. The maximum absolute atomic E-state index is 11.6. The molecule has 0 saturated carbocycles. The summed E-state index contributed by atoms with van der Waals surface area (Å²) in [6.07, 6.45) is 1.69. The summed E-state index contributed by atoms with van der Waals surface area (Å²) in [7, 11) is 1.91. The van der Waals surface area contributed by atoms with E-state index < -0.39 is 11.7 Å². The molecule has 19 heavy (non-hydrogen) atoms. The first-order chi connectivity index (χ1) is 8.87. The highest BCUT2D eigenvalue weighted by molar-refractivity contribution is 5.67. The van der Waals surface area contributed by atoms with Gasteiger partial charge in [-0.15, -0.1) is 0 Å². The average molecular weight is 266 g/mol. The van der Waals surface area contributed by atoms with Crippen LogP contribution in [0.25, 0.3) is 0 Å². The Morgan fingerprint density at radius 3 is 2.95 bits per heavy atom. The Morgan fingerprint density at radius 2 is 2.26 bits per heavy atom. The van der Waals surface area contributed by atoms with Gasteiger partial charge in [-0.3, -0.25) is 4.68 Å². The molecule has 0 aliphatic carbocycles. The molecule has 0 fully saturated rings. The lowest BCUT2D eigenvalue weighted by molar-refractivity contribution is 0.0522. The SMILES string of the molecule is Cn1nc(CNC(=O)OC(C)(C)C)c2c1NCCC2. The van der Waals surface area contributed by atoms with E-state index in [2.05, 4.69) is 15.7 Å². The van der Waals surface area contributed by atoms with Gasteiger partial charge in [0.05, 0.1) is 12.2 Å². The highest BCUT2D eigenvalue weighted by Gasteiger charge is 2.20. The van der Waals surface area contributed by atoms with Gasteiger partial charge in [-0.1, -0.05) is 0 Å². The van der Waals surface area contributed by atoms with Crippen molar-refractivity contribution in [2.45, 2.75) is 45.8 Å². The minimum Gasteiger partial charge on any atom is -0.444 e. The second kappa shape index (κ2) is 5.11. The summed E-state index contributed by atoms with van der Waals surface area (Å²) in [4.78, 5) is 11.6. The number of rotatable bonds is 2. The minimum absolute atomic E-state index is 0.403. The molecule has 0 saturated heterocycles. The summed E-state index contributed by atoms with van der Waals surface area (Å²) in [5, 5.41) is 10.5. The lowest BCUT2D eigenvalue weighted by atomic mass is 10.1. The third kappa shape index (κ3) is 3.39. The van der Waals surface area contributed by atoms with E-state index in [1.807, 2.05) is 32.5 Å². The fourth-order valence-electron chi connectivity index (χ4n) is 2.19. The van der Waals surface area contributed by atoms with Crippen molar-refractivity contribution in [3.05, 3.63) is 11.3 Å². The van der Waals surface area contributed by atoms with E-state index in [0.717, 1.165) is 30.9 Å². The number of alkyl carbamates (subject to hydrolysis) is 1. The molecule has 2 rings (SSSR count). The summed E-state index contributed by atoms with van der Waals surface area (Å²) < 4.78 is 7.04. The number of carbonyl (C=O) groups excluding carboxylic acids is 1. The highest BCUT2D eigenvalue weighted by atomic mass is 16.6. The molecule has 6 nitrogen and oxygen atoms in total. The number of hydrogen-bond donors (Lipinski definition) is 2. The van der Waals surface area contributed by atoms with Crippen LogP contribution in [0.1, 0.15) is 38.4 Å². The van der Waals surface area contributed by atoms with Crippen molar-refractivity contribution >= 4 is 11.9 Å². The van der Waals surface area contributed by atoms with Crippen LogP contribution >= 0.6 is 0 Å². The largest absolute Gasteiger partial charge is 0.444 e. The second-order valence-electron chi connectivity index (χ2n) is 5.78. The van der Waals surface area contributed by atoms with Crippen LogP contribution in [0.2, 0.25) is 0 Å². The quantitative estimate of drug-likeness (QED) is 0.856. The molecule has 106 valence electrons. The third-order valence-corrected chi connectivity index (χ3v) is 2.92. The molecule has 0 aromatic carbocycles. The summed E-state index contributed by atoms with van der Waals surface area (Å²) in [6, 6.07) is 0. The maximum atomic E-state index is 11.6. The lowest BCUT2D eigenvalue weighted by Crippen LogP contribution is -2.32. The smallest absolute Gasteiger partial charge is 0.407 e. The Morgan fingerprint density at radius 1 is 1.53 bits per heavy atom. The number of anilines is 1. The van der Waals surface area contributed by atoms with Gasteiger partial charge in [0.2, 0.25) is 0 Å². The fraction of sp³-hybridized carbons (Fsp3) is 0.692. The van der Waals surface area contributed by atoms with Gasteiger partial charge in [0, 0.05) is 19.2 Å². The predicted molar refractivity (Wildman–Crippen MR) is 73.1 cm³/mol. The summed E-state index contributed by atoms with van der Waals surface area (Å²) >= 11 is 0. The van der Waals surface area contributed by atoms with Gasteiger partial charge in [0.1, 0.15) is 11.4 Å². The van der Waals surface area contributed by atoms with E-state index >= 15 is 0 Å². The first-order valence-corrected chi connectivity index (χ1v) is 6.62. The van der Waals surface area contributed by atoms with E-state index in [0.29, 0.717) is 6.54 Å². The molecule has 1 aliphatic rings. The fourth-order valence-corrected chi connectivity index (χ4v) is 2.19. The molecule has 1 amide bonds. The number of fused-ring (bicyclic) bond motifs is 1. The van der Waals surface area contributed by atoms with Crippen LogP contribution in [-0.4, -0.2) is 28.0 Å². The van der Waals surface area contributed by atoms with Crippen LogP contribution in [0.4, 0.5) is 10.6 Å². The maximum Gasteiger partial charge on any atom is 0.407 e. The molecule has 2 N–H and O–H groups in total. The van der Waals surface area contributed by atoms with Crippen molar-refractivity contribution in [3.8, 4) is 0 Å². The lowest BCUT2D eigenvalue weighted by Gasteiger charge is -2.19. The minimum atomic E-state index is -0.477. The van der Waals surface area contributed by atoms with Crippen molar-refractivity contribution in [1.82, 2.24) is 15.1 Å². The molecule has 1 aromatic heterocycles. The molecule has 0 spiro atoms. The molecule has 0 unspecified atom stereocenters.